The van der Waals surface area contributed by atoms with Crippen molar-refractivity contribution in [3.8, 4) is 0 Å². The molecule has 0 aliphatic heterocycles. The van der Waals surface area contributed by atoms with E-state index in [1.54, 1.807) is 25.1 Å². The van der Waals surface area contributed by atoms with Gasteiger partial charge in [-0.05, 0) is 42.9 Å². The third-order valence-corrected chi connectivity index (χ3v) is 5.91. The van der Waals surface area contributed by atoms with Crippen LogP contribution in [-0.2, 0) is 10.0 Å². The fourth-order valence-electron chi connectivity index (χ4n) is 2.85. The smallest absolute Gasteiger partial charge is 0.240 e. The molecule has 0 bridgehead atoms. The molecule has 1 aliphatic carbocycles. The molecule has 0 amide bonds. The van der Waals surface area contributed by atoms with E-state index in [0.717, 1.165) is 12.8 Å². The van der Waals surface area contributed by atoms with E-state index in [-0.39, 0.29) is 10.3 Å². The van der Waals surface area contributed by atoms with Gasteiger partial charge in [-0.25, -0.2) is 13.1 Å². The zero-order chi connectivity index (χ0) is 14.8. The van der Waals surface area contributed by atoms with Crippen molar-refractivity contribution in [1.82, 2.24) is 4.72 Å². The quantitative estimate of drug-likeness (QED) is 0.839. The number of sulfonamides is 1. The molecule has 112 valence electrons. The zero-order valence-electron chi connectivity index (χ0n) is 12.3. The SMILES string of the molecule is Cc1c(N)cccc1S(=O)(=O)NCC1(C)CCCCC1. The van der Waals surface area contributed by atoms with Crippen LogP contribution >= 0.6 is 0 Å². The lowest BCUT2D eigenvalue weighted by molar-refractivity contribution is 0.219. The second kappa shape index (κ2) is 5.74. The summed E-state index contributed by atoms with van der Waals surface area (Å²) in [6.07, 6.45) is 5.82. The molecule has 0 saturated heterocycles. The average molecular weight is 296 g/mol. The molecule has 0 heterocycles. The average Bonchev–Trinajstić information content (AvgIpc) is 2.41. The Morgan fingerprint density at radius 1 is 1.25 bits per heavy atom. The lowest BCUT2D eigenvalue weighted by atomic mass is 9.76. The number of hydrogen-bond acceptors (Lipinski definition) is 3. The van der Waals surface area contributed by atoms with Crippen molar-refractivity contribution in [2.24, 2.45) is 5.41 Å². The summed E-state index contributed by atoms with van der Waals surface area (Å²) in [6, 6.07) is 5.01. The highest BCUT2D eigenvalue weighted by Gasteiger charge is 2.29. The van der Waals surface area contributed by atoms with Gasteiger partial charge in [0, 0.05) is 12.2 Å². The van der Waals surface area contributed by atoms with Crippen LogP contribution in [0.5, 0.6) is 0 Å². The molecule has 20 heavy (non-hydrogen) atoms. The van der Waals surface area contributed by atoms with E-state index >= 15 is 0 Å². The van der Waals surface area contributed by atoms with Crippen LogP contribution in [0.4, 0.5) is 5.69 Å². The lowest BCUT2D eigenvalue weighted by Gasteiger charge is -2.33. The van der Waals surface area contributed by atoms with E-state index in [2.05, 4.69) is 11.6 Å². The molecule has 1 aromatic rings. The molecule has 1 aromatic carbocycles. The van der Waals surface area contributed by atoms with E-state index < -0.39 is 10.0 Å². The molecular weight excluding hydrogens is 272 g/mol. The van der Waals surface area contributed by atoms with E-state index in [0.29, 0.717) is 17.8 Å². The first-order valence-electron chi connectivity index (χ1n) is 7.19. The van der Waals surface area contributed by atoms with Crippen LogP contribution in [-0.4, -0.2) is 15.0 Å². The molecule has 0 aromatic heterocycles. The molecule has 1 aliphatic rings. The normalized spacial score (nSPS) is 18.9. The van der Waals surface area contributed by atoms with Gasteiger partial charge in [-0.1, -0.05) is 32.3 Å². The maximum atomic E-state index is 12.4. The standard InChI is InChI=1S/C15H24N2O2S/c1-12-13(16)7-6-8-14(12)20(18,19)17-11-15(2)9-4-3-5-10-15/h6-8,17H,3-5,9-11,16H2,1-2H3. The van der Waals surface area contributed by atoms with Gasteiger partial charge in [0.15, 0.2) is 0 Å². The summed E-state index contributed by atoms with van der Waals surface area (Å²) in [5.41, 5.74) is 7.00. The van der Waals surface area contributed by atoms with Gasteiger partial charge in [0.25, 0.3) is 0 Å². The topological polar surface area (TPSA) is 72.2 Å². The van der Waals surface area contributed by atoms with Crippen LogP contribution in [0.15, 0.2) is 23.1 Å². The fraction of sp³-hybridized carbons (Fsp3) is 0.600. The largest absolute Gasteiger partial charge is 0.398 e. The van der Waals surface area contributed by atoms with Gasteiger partial charge >= 0.3 is 0 Å². The van der Waals surface area contributed by atoms with Crippen LogP contribution in [0, 0.1) is 12.3 Å². The van der Waals surface area contributed by atoms with Crippen LogP contribution in [0.1, 0.15) is 44.6 Å². The van der Waals surface area contributed by atoms with Gasteiger partial charge in [0.05, 0.1) is 4.90 Å². The van der Waals surface area contributed by atoms with Gasteiger partial charge in [-0.3, -0.25) is 0 Å². The van der Waals surface area contributed by atoms with Gasteiger partial charge < -0.3 is 5.73 Å². The minimum atomic E-state index is -3.48. The molecule has 5 heteroatoms. The Morgan fingerprint density at radius 2 is 1.90 bits per heavy atom. The third kappa shape index (κ3) is 3.33. The van der Waals surface area contributed by atoms with Crippen LogP contribution in [0.3, 0.4) is 0 Å². The number of hydrogen-bond donors (Lipinski definition) is 2. The Balaban J connectivity index is 2.13. The molecule has 4 nitrogen and oxygen atoms in total. The van der Waals surface area contributed by atoms with Crippen molar-refractivity contribution >= 4 is 15.7 Å². The summed E-state index contributed by atoms with van der Waals surface area (Å²) in [4.78, 5) is 0.289. The molecule has 0 spiro atoms. The number of rotatable bonds is 4. The third-order valence-electron chi connectivity index (χ3n) is 4.37. The Kier molecular flexibility index (Phi) is 4.39. The van der Waals surface area contributed by atoms with Crippen LogP contribution in [0.25, 0.3) is 0 Å². The van der Waals surface area contributed by atoms with E-state index in [9.17, 15) is 8.42 Å². The maximum absolute atomic E-state index is 12.4. The Bertz CT molecular complexity index is 576. The first-order valence-corrected chi connectivity index (χ1v) is 8.67. The van der Waals surface area contributed by atoms with Gasteiger partial charge in [-0.2, -0.15) is 0 Å². The zero-order valence-corrected chi connectivity index (χ0v) is 13.1. The van der Waals surface area contributed by atoms with E-state index in [4.69, 9.17) is 5.73 Å². The molecule has 2 rings (SSSR count). The number of nitrogens with two attached hydrogens (primary N) is 1. The van der Waals surface area contributed by atoms with Crippen molar-refractivity contribution in [3.05, 3.63) is 23.8 Å². The van der Waals surface area contributed by atoms with Gasteiger partial charge in [0.2, 0.25) is 10.0 Å². The highest BCUT2D eigenvalue weighted by molar-refractivity contribution is 7.89. The van der Waals surface area contributed by atoms with Crippen molar-refractivity contribution in [2.45, 2.75) is 50.8 Å². The fourth-order valence-corrected chi connectivity index (χ4v) is 4.32. The number of benzene rings is 1. The van der Waals surface area contributed by atoms with Crippen molar-refractivity contribution in [1.29, 1.82) is 0 Å². The molecule has 0 radical (unpaired) electrons. The molecular formula is C15H24N2O2S. The predicted molar refractivity (Wildman–Crippen MR) is 82.0 cm³/mol. The second-order valence-electron chi connectivity index (χ2n) is 6.17. The van der Waals surface area contributed by atoms with E-state index in [1.807, 2.05) is 0 Å². The minimum Gasteiger partial charge on any atom is -0.398 e. The molecule has 3 N–H and O–H groups in total. The van der Waals surface area contributed by atoms with Crippen molar-refractivity contribution in [3.63, 3.8) is 0 Å². The highest BCUT2D eigenvalue weighted by atomic mass is 32.2. The number of anilines is 1. The summed E-state index contributed by atoms with van der Waals surface area (Å²) in [5.74, 6) is 0. The highest BCUT2D eigenvalue weighted by Crippen LogP contribution is 2.35. The first-order chi connectivity index (χ1) is 9.34. The predicted octanol–water partition coefficient (Wildman–Crippen LogP) is 2.83. The summed E-state index contributed by atoms with van der Waals surface area (Å²) < 4.78 is 27.6. The Morgan fingerprint density at radius 3 is 2.55 bits per heavy atom. The van der Waals surface area contributed by atoms with Gasteiger partial charge in [-0.15, -0.1) is 0 Å². The minimum absolute atomic E-state index is 0.0829. The number of nitrogen functional groups attached to an aromatic ring is 1. The Hall–Kier alpha value is -1.07. The summed E-state index contributed by atoms with van der Waals surface area (Å²) in [5, 5.41) is 0. The lowest BCUT2D eigenvalue weighted by Crippen LogP contribution is -2.37. The second-order valence-corrected chi connectivity index (χ2v) is 7.90. The Labute approximate surface area is 121 Å². The number of nitrogens with one attached hydrogen (secondary N) is 1. The van der Waals surface area contributed by atoms with Crippen molar-refractivity contribution < 1.29 is 8.42 Å². The molecule has 1 saturated carbocycles. The summed E-state index contributed by atoms with van der Waals surface area (Å²) in [6.45, 7) is 4.41. The summed E-state index contributed by atoms with van der Waals surface area (Å²) in [7, 11) is -3.48. The molecule has 0 atom stereocenters. The van der Waals surface area contributed by atoms with Crippen molar-refractivity contribution in [2.75, 3.05) is 12.3 Å². The molecule has 0 unspecified atom stereocenters. The van der Waals surface area contributed by atoms with E-state index in [1.165, 1.54) is 19.3 Å². The van der Waals surface area contributed by atoms with Gasteiger partial charge in [0.1, 0.15) is 0 Å². The molecule has 1 fully saturated rings. The van der Waals surface area contributed by atoms with Crippen LogP contribution in [0.2, 0.25) is 0 Å². The summed E-state index contributed by atoms with van der Waals surface area (Å²) >= 11 is 0. The maximum Gasteiger partial charge on any atom is 0.240 e. The monoisotopic (exact) mass is 296 g/mol. The first kappa shape index (κ1) is 15.3. The van der Waals surface area contributed by atoms with Crippen LogP contribution < -0.4 is 10.5 Å².